The van der Waals surface area contributed by atoms with Crippen molar-refractivity contribution in [1.29, 1.82) is 0 Å². The van der Waals surface area contributed by atoms with Crippen LogP contribution < -0.4 is 0 Å². The molecule has 0 unspecified atom stereocenters. The molecule has 3 aromatic rings. The molecule has 4 nitrogen and oxygen atoms in total. The fraction of sp³-hybridized carbons (Fsp3) is 0. The lowest BCUT2D eigenvalue weighted by Gasteiger charge is -1.95. The van der Waals surface area contributed by atoms with Crippen LogP contribution in [0, 0.1) is 0 Å². The van der Waals surface area contributed by atoms with Crippen LogP contribution in [0.15, 0.2) is 36.8 Å². The molecule has 84 valence electrons. The molecule has 0 atom stereocenters. The van der Waals surface area contributed by atoms with Gasteiger partial charge in [0.1, 0.15) is 10.3 Å². The van der Waals surface area contributed by atoms with Gasteiger partial charge in [0.25, 0.3) is 0 Å². The average molecular weight is 265 g/mol. The zero-order chi connectivity index (χ0) is 11.8. The van der Waals surface area contributed by atoms with Crippen LogP contribution in [0.5, 0.6) is 0 Å². The first-order valence-electron chi connectivity index (χ1n) is 4.85. The van der Waals surface area contributed by atoms with Crippen LogP contribution in [0.2, 0.25) is 10.3 Å². The van der Waals surface area contributed by atoms with Crippen molar-refractivity contribution >= 4 is 29.0 Å². The fourth-order valence-corrected chi connectivity index (χ4v) is 2.02. The van der Waals surface area contributed by atoms with E-state index in [1.54, 1.807) is 29.1 Å². The second-order valence-corrected chi connectivity index (χ2v) is 4.21. The summed E-state index contributed by atoms with van der Waals surface area (Å²) in [5.41, 5.74) is 1.67. The Morgan fingerprint density at radius 1 is 1.18 bits per heavy atom. The molecule has 3 aromatic heterocycles. The summed E-state index contributed by atoms with van der Waals surface area (Å²) in [4.78, 5) is 12.5. The lowest BCUT2D eigenvalue weighted by atomic mass is 10.2. The van der Waals surface area contributed by atoms with Gasteiger partial charge in [-0.15, -0.1) is 0 Å². The fourth-order valence-electron chi connectivity index (χ4n) is 1.56. The van der Waals surface area contributed by atoms with Crippen LogP contribution in [-0.2, 0) is 0 Å². The van der Waals surface area contributed by atoms with Crippen molar-refractivity contribution in [2.75, 3.05) is 0 Å². The molecule has 17 heavy (non-hydrogen) atoms. The Labute approximate surface area is 107 Å². The summed E-state index contributed by atoms with van der Waals surface area (Å²) in [6.45, 7) is 0. The van der Waals surface area contributed by atoms with E-state index in [2.05, 4.69) is 15.0 Å². The van der Waals surface area contributed by atoms with Gasteiger partial charge in [-0.25, -0.2) is 9.97 Å². The van der Waals surface area contributed by atoms with Crippen LogP contribution in [-0.4, -0.2) is 19.4 Å². The molecule has 3 heterocycles. The van der Waals surface area contributed by atoms with Crippen molar-refractivity contribution < 1.29 is 0 Å². The number of fused-ring (bicyclic) bond motifs is 1. The van der Waals surface area contributed by atoms with E-state index in [4.69, 9.17) is 23.2 Å². The van der Waals surface area contributed by atoms with E-state index in [-0.39, 0.29) is 0 Å². The highest BCUT2D eigenvalue weighted by Gasteiger charge is 2.08. The van der Waals surface area contributed by atoms with E-state index in [0.29, 0.717) is 16.1 Å². The maximum Gasteiger partial charge on any atom is 0.236 e. The summed E-state index contributed by atoms with van der Waals surface area (Å²) in [6.07, 6.45) is 5.25. The molecule has 0 saturated heterocycles. The highest BCUT2D eigenvalue weighted by atomic mass is 35.5. The summed E-state index contributed by atoms with van der Waals surface area (Å²) in [6, 6.07) is 5.34. The van der Waals surface area contributed by atoms with E-state index in [1.165, 1.54) is 0 Å². The van der Waals surface area contributed by atoms with Gasteiger partial charge < -0.3 is 0 Å². The first kappa shape index (κ1) is 10.5. The van der Waals surface area contributed by atoms with Crippen LogP contribution in [0.4, 0.5) is 0 Å². The molecule has 0 saturated carbocycles. The van der Waals surface area contributed by atoms with Crippen LogP contribution in [0.25, 0.3) is 17.0 Å². The van der Waals surface area contributed by atoms with E-state index < -0.39 is 0 Å². The molecule has 0 amide bonds. The molecule has 6 heteroatoms. The zero-order valence-corrected chi connectivity index (χ0v) is 10.0. The predicted octanol–water partition coefficient (Wildman–Crippen LogP) is 3.10. The van der Waals surface area contributed by atoms with Gasteiger partial charge in [0.05, 0.1) is 5.69 Å². The van der Waals surface area contributed by atoms with Crippen molar-refractivity contribution in [2.24, 2.45) is 0 Å². The van der Waals surface area contributed by atoms with Gasteiger partial charge >= 0.3 is 0 Å². The van der Waals surface area contributed by atoms with Crippen molar-refractivity contribution in [3.63, 3.8) is 0 Å². The van der Waals surface area contributed by atoms with Crippen molar-refractivity contribution in [2.45, 2.75) is 0 Å². The molecule has 0 radical (unpaired) electrons. The van der Waals surface area contributed by atoms with Gasteiger partial charge in [-0.3, -0.25) is 9.38 Å². The SMILES string of the molecule is Clc1cc(Cl)n2cc(-c3cccnc3)nc2n1. The molecule has 0 spiro atoms. The van der Waals surface area contributed by atoms with Gasteiger partial charge in [0.15, 0.2) is 0 Å². The molecule has 0 bridgehead atoms. The number of aromatic nitrogens is 4. The van der Waals surface area contributed by atoms with Gasteiger partial charge in [-0.1, -0.05) is 23.2 Å². The molecule has 0 aliphatic heterocycles. The van der Waals surface area contributed by atoms with E-state index in [1.807, 2.05) is 12.1 Å². The lowest BCUT2D eigenvalue weighted by molar-refractivity contribution is 1.11. The number of nitrogens with zero attached hydrogens (tertiary/aromatic N) is 4. The van der Waals surface area contributed by atoms with Crippen molar-refractivity contribution in [3.8, 4) is 11.3 Å². The number of rotatable bonds is 1. The van der Waals surface area contributed by atoms with E-state index >= 15 is 0 Å². The van der Waals surface area contributed by atoms with E-state index in [0.717, 1.165) is 11.3 Å². The minimum absolute atomic E-state index is 0.325. The summed E-state index contributed by atoms with van der Waals surface area (Å²) in [5, 5.41) is 0.800. The Bertz CT molecular complexity index is 679. The van der Waals surface area contributed by atoms with Crippen LogP contribution >= 0.6 is 23.2 Å². The monoisotopic (exact) mass is 264 g/mol. The lowest BCUT2D eigenvalue weighted by Crippen LogP contribution is -1.88. The number of imidazole rings is 1. The quantitative estimate of drug-likeness (QED) is 0.635. The zero-order valence-electron chi connectivity index (χ0n) is 8.51. The minimum atomic E-state index is 0.325. The van der Waals surface area contributed by atoms with Gasteiger partial charge in [0, 0.05) is 30.2 Å². The predicted molar refractivity (Wildman–Crippen MR) is 66.2 cm³/mol. The summed E-state index contributed by atoms with van der Waals surface area (Å²) >= 11 is 11.9. The topological polar surface area (TPSA) is 43.1 Å². The molecule has 0 N–H and O–H groups in total. The minimum Gasteiger partial charge on any atom is -0.273 e. The summed E-state index contributed by atoms with van der Waals surface area (Å²) < 4.78 is 1.68. The Balaban J connectivity index is 2.24. The summed E-state index contributed by atoms with van der Waals surface area (Å²) in [5.74, 6) is 0.473. The Morgan fingerprint density at radius 2 is 2.06 bits per heavy atom. The maximum absolute atomic E-state index is 6.05. The van der Waals surface area contributed by atoms with Gasteiger partial charge in [-0.2, -0.15) is 0 Å². The smallest absolute Gasteiger partial charge is 0.236 e. The number of hydrogen-bond acceptors (Lipinski definition) is 3. The molecule has 0 fully saturated rings. The Morgan fingerprint density at radius 3 is 2.82 bits per heavy atom. The summed E-state index contributed by atoms with van der Waals surface area (Å²) in [7, 11) is 0. The highest BCUT2D eigenvalue weighted by Crippen LogP contribution is 2.21. The van der Waals surface area contributed by atoms with Gasteiger partial charge in [0.2, 0.25) is 5.78 Å². The number of halogens is 2. The first-order valence-corrected chi connectivity index (χ1v) is 5.61. The third-order valence-electron chi connectivity index (χ3n) is 2.32. The maximum atomic E-state index is 6.05. The highest BCUT2D eigenvalue weighted by molar-refractivity contribution is 6.33. The number of hydrogen-bond donors (Lipinski definition) is 0. The molecular formula is C11H6Cl2N4. The van der Waals surface area contributed by atoms with Gasteiger partial charge in [-0.05, 0) is 12.1 Å². The first-order chi connectivity index (χ1) is 8.24. The standard InChI is InChI=1S/C11H6Cl2N4/c12-9-4-10(13)17-6-8(15-11(17)16-9)7-2-1-3-14-5-7/h1-6H. The normalized spacial score (nSPS) is 10.9. The molecule has 0 aliphatic carbocycles. The molecule has 3 rings (SSSR count). The third-order valence-corrected chi connectivity index (χ3v) is 2.80. The Hall–Kier alpha value is -1.65. The van der Waals surface area contributed by atoms with Crippen molar-refractivity contribution in [3.05, 3.63) is 47.1 Å². The third kappa shape index (κ3) is 1.85. The van der Waals surface area contributed by atoms with E-state index in [9.17, 15) is 0 Å². The Kier molecular flexibility index (Phi) is 2.46. The second kappa shape index (κ2) is 3.98. The van der Waals surface area contributed by atoms with Crippen LogP contribution in [0.3, 0.4) is 0 Å². The molecule has 0 aromatic carbocycles. The molecule has 0 aliphatic rings. The largest absolute Gasteiger partial charge is 0.273 e. The molecular weight excluding hydrogens is 259 g/mol. The second-order valence-electron chi connectivity index (χ2n) is 3.44. The number of pyridine rings is 1. The van der Waals surface area contributed by atoms with Crippen LogP contribution in [0.1, 0.15) is 0 Å². The average Bonchev–Trinajstić information content (AvgIpc) is 2.74. The van der Waals surface area contributed by atoms with Crippen molar-refractivity contribution in [1.82, 2.24) is 19.4 Å².